The molecule has 0 aromatic heterocycles. The minimum atomic E-state index is -0.712. The van der Waals surface area contributed by atoms with E-state index in [0.717, 1.165) is 16.8 Å². The van der Waals surface area contributed by atoms with Crippen molar-refractivity contribution in [1.29, 1.82) is 0 Å². The second-order valence-corrected chi connectivity index (χ2v) is 6.22. The second kappa shape index (κ2) is 5.07. The summed E-state index contributed by atoms with van der Waals surface area (Å²) in [7, 11) is 0. The van der Waals surface area contributed by atoms with Crippen LogP contribution in [0.2, 0.25) is 5.02 Å². The molecule has 1 aromatic carbocycles. The maximum absolute atomic E-state index is 11.4. The van der Waals surface area contributed by atoms with Gasteiger partial charge in [0.25, 0.3) is 0 Å². The Hall–Kier alpha value is -1.59. The molecule has 108 valence electrons. The first-order valence-electron chi connectivity index (χ1n) is 6.38. The Bertz CT molecular complexity index is 584. The Kier molecular flexibility index (Phi) is 3.75. The number of carbonyl (C=O) groups excluding carboxylic acids is 2. The van der Waals surface area contributed by atoms with Crippen molar-refractivity contribution in [2.75, 3.05) is 5.32 Å². The summed E-state index contributed by atoms with van der Waals surface area (Å²) in [4.78, 5) is 22.7. The topological polar surface area (TPSA) is 98.2 Å². The summed E-state index contributed by atoms with van der Waals surface area (Å²) in [5, 5.41) is 3.22. The van der Waals surface area contributed by atoms with Crippen LogP contribution in [0.15, 0.2) is 12.1 Å². The number of rotatable bonds is 4. The van der Waals surface area contributed by atoms with Crippen molar-refractivity contribution in [2.45, 2.75) is 32.7 Å². The zero-order chi connectivity index (χ0) is 15.1. The van der Waals surface area contributed by atoms with E-state index in [1.54, 1.807) is 19.9 Å². The number of halogens is 1. The monoisotopic (exact) mass is 295 g/mol. The van der Waals surface area contributed by atoms with Crippen LogP contribution in [0.25, 0.3) is 0 Å². The lowest BCUT2D eigenvalue weighted by Crippen LogP contribution is -2.34. The highest BCUT2D eigenvalue weighted by atomic mass is 35.5. The van der Waals surface area contributed by atoms with Crippen LogP contribution in [0.4, 0.5) is 5.69 Å². The van der Waals surface area contributed by atoms with Gasteiger partial charge in [-0.25, -0.2) is 0 Å². The van der Waals surface area contributed by atoms with E-state index >= 15 is 0 Å². The van der Waals surface area contributed by atoms with E-state index in [4.69, 9.17) is 23.1 Å². The van der Waals surface area contributed by atoms with Gasteiger partial charge >= 0.3 is 0 Å². The Labute approximate surface area is 122 Å². The fourth-order valence-corrected chi connectivity index (χ4v) is 2.62. The third-order valence-corrected chi connectivity index (χ3v) is 3.97. The van der Waals surface area contributed by atoms with Gasteiger partial charge in [-0.3, -0.25) is 9.59 Å². The average Bonchev–Trinajstić information content (AvgIpc) is 2.66. The van der Waals surface area contributed by atoms with Gasteiger partial charge in [-0.2, -0.15) is 0 Å². The molecule has 5 N–H and O–H groups in total. The molecule has 1 aliphatic heterocycles. The van der Waals surface area contributed by atoms with E-state index in [0.29, 0.717) is 17.9 Å². The van der Waals surface area contributed by atoms with Crippen molar-refractivity contribution < 1.29 is 9.59 Å². The predicted molar refractivity (Wildman–Crippen MR) is 78.3 cm³/mol. The van der Waals surface area contributed by atoms with Gasteiger partial charge in [0.2, 0.25) is 11.8 Å². The van der Waals surface area contributed by atoms with E-state index in [1.807, 2.05) is 6.07 Å². The molecule has 0 bridgehead atoms. The number of fused-ring (bicyclic) bond motifs is 1. The molecule has 0 fully saturated rings. The van der Waals surface area contributed by atoms with Crippen molar-refractivity contribution in [3.05, 3.63) is 28.3 Å². The molecule has 0 aliphatic carbocycles. The third kappa shape index (κ3) is 2.78. The lowest BCUT2D eigenvalue weighted by atomic mass is 9.83. The molecule has 1 aliphatic rings. The van der Waals surface area contributed by atoms with Crippen LogP contribution in [0.1, 0.15) is 37.4 Å². The Balaban J connectivity index is 2.28. The molecule has 5 nitrogen and oxygen atoms in total. The van der Waals surface area contributed by atoms with Gasteiger partial charge in [-0.1, -0.05) is 31.5 Å². The maximum atomic E-state index is 11.4. The van der Waals surface area contributed by atoms with Gasteiger partial charge in [0, 0.05) is 22.2 Å². The number of carbonyl (C=O) groups is 2. The normalized spacial score (nSPS) is 15.7. The fourth-order valence-electron chi connectivity index (χ4n) is 2.31. The second-order valence-electron chi connectivity index (χ2n) is 5.81. The number of benzene rings is 1. The summed E-state index contributed by atoms with van der Waals surface area (Å²) < 4.78 is 0. The summed E-state index contributed by atoms with van der Waals surface area (Å²) in [6.07, 6.45) is 0.716. The molecule has 0 spiro atoms. The van der Waals surface area contributed by atoms with E-state index in [1.165, 1.54) is 0 Å². The minimum Gasteiger partial charge on any atom is -0.369 e. The van der Waals surface area contributed by atoms with Crippen LogP contribution in [0, 0.1) is 5.41 Å². The first kappa shape index (κ1) is 14.8. The number of hydrogen-bond acceptors (Lipinski definition) is 3. The molecule has 1 unspecified atom stereocenters. The van der Waals surface area contributed by atoms with Gasteiger partial charge < -0.3 is 16.8 Å². The van der Waals surface area contributed by atoms with Crippen molar-refractivity contribution in [2.24, 2.45) is 16.9 Å². The van der Waals surface area contributed by atoms with Gasteiger partial charge in [0.1, 0.15) is 0 Å². The van der Waals surface area contributed by atoms with Crippen LogP contribution >= 0.6 is 11.6 Å². The molecule has 20 heavy (non-hydrogen) atoms. The van der Waals surface area contributed by atoms with Crippen molar-refractivity contribution >= 4 is 29.1 Å². The van der Waals surface area contributed by atoms with Gasteiger partial charge in [-0.05, 0) is 23.6 Å². The summed E-state index contributed by atoms with van der Waals surface area (Å²) in [5.74, 6) is -0.457. The van der Waals surface area contributed by atoms with Crippen molar-refractivity contribution in [1.82, 2.24) is 0 Å². The molecule has 1 heterocycles. The van der Waals surface area contributed by atoms with Gasteiger partial charge in [-0.15, -0.1) is 0 Å². The Morgan fingerprint density at radius 2 is 2.15 bits per heavy atom. The third-order valence-electron chi connectivity index (χ3n) is 3.64. The van der Waals surface area contributed by atoms with Crippen LogP contribution < -0.4 is 16.8 Å². The molecule has 6 heteroatoms. The molecule has 1 aromatic rings. The molecule has 0 saturated carbocycles. The van der Waals surface area contributed by atoms with Crippen molar-refractivity contribution in [3.8, 4) is 0 Å². The SMILES string of the molecule is CC(C)(CC(N)c1cc2c(cc1Cl)NC(=O)C2)C(N)=O. The van der Waals surface area contributed by atoms with Gasteiger partial charge in [0.15, 0.2) is 0 Å². The van der Waals surface area contributed by atoms with Crippen LogP contribution in [0.5, 0.6) is 0 Å². The van der Waals surface area contributed by atoms with Crippen LogP contribution in [0.3, 0.4) is 0 Å². The maximum Gasteiger partial charge on any atom is 0.228 e. The number of amides is 2. The summed E-state index contributed by atoms with van der Waals surface area (Å²) in [6, 6.07) is 3.12. The number of nitrogens with one attached hydrogen (secondary N) is 1. The summed E-state index contributed by atoms with van der Waals surface area (Å²) >= 11 is 6.21. The fraction of sp³-hybridized carbons (Fsp3) is 0.429. The summed E-state index contributed by atoms with van der Waals surface area (Å²) in [5.41, 5.74) is 13.1. The van der Waals surface area contributed by atoms with E-state index in [-0.39, 0.29) is 5.91 Å². The zero-order valence-electron chi connectivity index (χ0n) is 11.5. The predicted octanol–water partition coefficient (Wildman–Crippen LogP) is 1.74. The van der Waals surface area contributed by atoms with Crippen LogP contribution in [-0.2, 0) is 16.0 Å². The first-order valence-corrected chi connectivity index (χ1v) is 6.76. The quantitative estimate of drug-likeness (QED) is 0.789. The van der Waals surface area contributed by atoms with E-state index < -0.39 is 17.4 Å². The largest absolute Gasteiger partial charge is 0.369 e. The van der Waals surface area contributed by atoms with Gasteiger partial charge in [0.05, 0.1) is 6.42 Å². The number of primary amides is 1. The first-order chi connectivity index (χ1) is 9.20. The molecule has 0 radical (unpaired) electrons. The van der Waals surface area contributed by atoms with Crippen LogP contribution in [-0.4, -0.2) is 11.8 Å². The lowest BCUT2D eigenvalue weighted by molar-refractivity contribution is -0.126. The van der Waals surface area contributed by atoms with Crippen molar-refractivity contribution in [3.63, 3.8) is 0 Å². The summed E-state index contributed by atoms with van der Waals surface area (Å²) in [6.45, 7) is 3.50. The highest BCUT2D eigenvalue weighted by Gasteiger charge is 2.30. The molecule has 2 rings (SSSR count). The highest BCUT2D eigenvalue weighted by molar-refractivity contribution is 6.32. The molecule has 1 atom stereocenters. The number of nitrogens with two attached hydrogens (primary N) is 2. The average molecular weight is 296 g/mol. The lowest BCUT2D eigenvalue weighted by Gasteiger charge is -2.25. The smallest absolute Gasteiger partial charge is 0.228 e. The Morgan fingerprint density at radius 3 is 2.75 bits per heavy atom. The number of hydrogen-bond donors (Lipinski definition) is 3. The molecule has 2 amide bonds. The molecule has 0 saturated heterocycles. The minimum absolute atomic E-state index is 0.0562. The van der Waals surface area contributed by atoms with E-state index in [2.05, 4.69) is 5.32 Å². The number of anilines is 1. The standard InChI is InChI=1S/C14H18ClN3O2/c1-14(2,13(17)20)6-10(16)8-3-7-4-12(19)18-11(7)5-9(8)15/h3,5,10H,4,6,16H2,1-2H3,(H2,17,20)(H,18,19). The highest BCUT2D eigenvalue weighted by Crippen LogP contribution is 2.36. The zero-order valence-corrected chi connectivity index (χ0v) is 12.3. The van der Waals surface area contributed by atoms with E-state index in [9.17, 15) is 9.59 Å². The Morgan fingerprint density at radius 1 is 1.50 bits per heavy atom. The molecular weight excluding hydrogens is 278 g/mol. The molecular formula is C14H18ClN3O2.